The monoisotopic (exact) mass is 1980 g/mol. The summed E-state index contributed by atoms with van der Waals surface area (Å²) in [6.45, 7) is 12.7. The summed E-state index contributed by atoms with van der Waals surface area (Å²) in [5.41, 5.74) is 26.9. The van der Waals surface area contributed by atoms with Gasteiger partial charge in [0, 0.05) is 51.4 Å². The van der Waals surface area contributed by atoms with Gasteiger partial charge in [0.2, 0.25) is 72.9 Å². The van der Waals surface area contributed by atoms with Gasteiger partial charge in [-0.25, -0.2) is 0 Å². The van der Waals surface area contributed by atoms with Crippen LogP contribution >= 0.6 is 0 Å². The average molecular weight is 1990 g/mol. The number of benzene rings is 16. The summed E-state index contributed by atoms with van der Waals surface area (Å²) in [6, 6.07) is 107. The van der Waals surface area contributed by atoms with Gasteiger partial charge < -0.3 is 86.7 Å². The lowest BCUT2D eigenvalue weighted by Gasteiger charge is -2.26. The summed E-state index contributed by atoms with van der Waals surface area (Å²) in [5.74, 6) is -3.42. The fraction of sp³-hybridized carbons (Fsp3) is 0.233. The fourth-order valence-corrected chi connectivity index (χ4v) is 17.5. The number of carbonyl (C=O) groups is 12. The highest BCUT2D eigenvalue weighted by molar-refractivity contribution is 5.98. The van der Waals surface area contributed by atoms with Crippen molar-refractivity contribution in [3.8, 4) is 0 Å². The molecule has 16 aromatic rings. The summed E-state index contributed by atoms with van der Waals surface area (Å²) in [5, 5.41) is 50.6. The molecule has 0 fully saturated rings. The minimum absolute atomic E-state index is 0.261. The van der Waals surface area contributed by atoms with Gasteiger partial charge in [0.15, 0.2) is 0 Å². The molecule has 8 atom stereocenters. The van der Waals surface area contributed by atoms with Crippen LogP contribution in [0.15, 0.2) is 340 Å². The summed E-state index contributed by atoms with van der Waals surface area (Å²) >= 11 is 0. The Labute approximate surface area is 860 Å². The SMILES string of the molecule is CC(C)(N)C(=O)N[C@H](Cc1ccc2ccccc2c1)C(=O)N[C@H](Cc1cccc2ccccc12)NC=O.CC(C)(N)C(=O)N[C@H](Cc1ccc2ccccc2c1)C(=O)N[C@H](Cc1cccc2ccccc12)NC=O.CC(C)(N)C(=O)N[C@H](Cc1cccc2ccccc12)C(=O)N[C@H](Cc1ccc2ccccc2c1)NC=O.CC(C)(N)C(=O)N[C@H](Cc1cccc2ccccc12)C(=O)N[C@H](Cc1cccc2ccccc12)NC=O. The molecule has 16 aromatic carbocycles. The van der Waals surface area contributed by atoms with Gasteiger partial charge in [0.1, 0.15) is 48.8 Å². The number of nitrogens with one attached hydrogen (secondary N) is 12. The van der Waals surface area contributed by atoms with Crippen molar-refractivity contribution < 1.29 is 57.5 Å². The Balaban J connectivity index is 0.000000165. The Morgan fingerprint density at radius 3 is 0.615 bits per heavy atom. The van der Waals surface area contributed by atoms with Gasteiger partial charge in [-0.05, 0) is 186 Å². The lowest BCUT2D eigenvalue weighted by molar-refractivity contribution is -0.131. The van der Waals surface area contributed by atoms with E-state index in [-0.39, 0.29) is 25.7 Å². The maximum Gasteiger partial charge on any atom is 0.244 e. The van der Waals surface area contributed by atoms with Crippen LogP contribution < -0.4 is 86.7 Å². The molecular weight excluding hydrogens is 1860 g/mol. The lowest BCUT2D eigenvalue weighted by atomic mass is 9.97. The number of hydrogen-bond donors (Lipinski definition) is 16. The third-order valence-electron chi connectivity index (χ3n) is 25.5. The maximum absolute atomic E-state index is 13.6. The third kappa shape index (κ3) is 30.4. The zero-order chi connectivity index (χ0) is 106. The van der Waals surface area contributed by atoms with Crippen LogP contribution in [0.2, 0.25) is 0 Å². The van der Waals surface area contributed by atoms with E-state index < -0.39 is 118 Å². The molecule has 0 aliphatic carbocycles. The first-order chi connectivity index (χ1) is 71.0. The second-order valence-corrected chi connectivity index (χ2v) is 39.2. The van der Waals surface area contributed by atoms with Crippen LogP contribution in [0.4, 0.5) is 0 Å². The van der Waals surface area contributed by atoms with Crippen LogP contribution in [-0.2, 0) is 109 Å². The zero-order valence-electron chi connectivity index (χ0n) is 84.1. The smallest absolute Gasteiger partial charge is 0.244 e. The Hall–Kier alpha value is -16.9. The van der Waals surface area contributed by atoms with Crippen LogP contribution in [0, 0.1) is 0 Å². The average Bonchev–Trinajstić information content (AvgIpc) is 0.799. The van der Waals surface area contributed by atoms with Gasteiger partial charge in [-0.15, -0.1) is 0 Å². The molecule has 28 nitrogen and oxygen atoms in total. The molecule has 0 aliphatic rings. The van der Waals surface area contributed by atoms with Crippen molar-refractivity contribution in [1.29, 1.82) is 0 Å². The molecule has 20 N–H and O–H groups in total. The van der Waals surface area contributed by atoms with Gasteiger partial charge in [0.25, 0.3) is 0 Å². The van der Waals surface area contributed by atoms with E-state index in [0.29, 0.717) is 51.3 Å². The Morgan fingerprint density at radius 1 is 0.209 bits per heavy atom. The lowest BCUT2D eigenvalue weighted by Crippen LogP contribution is -2.59. The molecular formula is C120H128N16O12. The number of amides is 12. The molecule has 12 amide bonds. The largest absolute Gasteiger partial charge is 0.342 e. The molecule has 0 heterocycles. The van der Waals surface area contributed by atoms with Crippen molar-refractivity contribution in [3.63, 3.8) is 0 Å². The summed E-state index contributed by atoms with van der Waals surface area (Å²) in [6.07, 6.45) is 2.16. The fourth-order valence-electron chi connectivity index (χ4n) is 17.5. The molecule has 0 unspecified atom stereocenters. The van der Waals surface area contributed by atoms with E-state index in [1.54, 1.807) is 55.4 Å². The highest BCUT2D eigenvalue weighted by atomic mass is 16.2. The Bertz CT molecular complexity index is 7200. The highest BCUT2D eigenvalue weighted by Gasteiger charge is 2.36. The molecule has 0 aliphatic heterocycles. The van der Waals surface area contributed by atoms with Gasteiger partial charge >= 0.3 is 0 Å². The minimum atomic E-state index is -1.17. The van der Waals surface area contributed by atoms with Crippen molar-refractivity contribution in [2.75, 3.05) is 0 Å². The van der Waals surface area contributed by atoms with E-state index in [2.05, 4.69) is 63.8 Å². The Kier molecular flexibility index (Phi) is 37.0. The standard InChI is InChI=1S/4C30H32N4O3/c1-30(2,31)29(37)33-26(17-22-13-7-11-20-9-3-5-15-24(20)22)28(36)34-27(32-19-35)18-23-14-8-12-21-10-4-6-16-25(21)23;1-30(2,31)29(37)33-26(18-24-12-7-11-22-9-5-6-13-25(22)24)28(36)34-27(32-19-35)17-20-14-15-21-8-3-4-10-23(21)16-20;2*1-30(2,31)29(37)33-26(17-20-14-15-21-8-3-4-10-23(21)16-20)28(36)34-27(32-19-35)18-24-12-7-11-22-9-5-6-13-25(22)24/h4*3-16,19,26-27H,17-18,31H2,1-2H3,(H,32,35)(H,33,37)(H,34,36)/t4*26-,27-/m1111/s1. The zero-order valence-corrected chi connectivity index (χ0v) is 84.1. The van der Waals surface area contributed by atoms with Crippen molar-refractivity contribution in [2.45, 2.75) is 178 Å². The first kappa shape index (κ1) is 108. The molecule has 0 saturated carbocycles. The summed E-state index contributed by atoms with van der Waals surface area (Å²) in [7, 11) is 0. The van der Waals surface area contributed by atoms with Crippen LogP contribution in [0.25, 0.3) is 86.2 Å². The van der Waals surface area contributed by atoms with Gasteiger partial charge in [-0.2, -0.15) is 0 Å². The van der Waals surface area contributed by atoms with E-state index in [9.17, 15) is 57.5 Å². The van der Waals surface area contributed by atoms with Crippen molar-refractivity contribution in [2.24, 2.45) is 22.9 Å². The van der Waals surface area contributed by atoms with Gasteiger partial charge in [-0.3, -0.25) is 57.5 Å². The second kappa shape index (κ2) is 50.5. The first-order valence-corrected chi connectivity index (χ1v) is 49.2. The topological polar surface area (TPSA) is 453 Å². The molecule has 148 heavy (non-hydrogen) atoms. The van der Waals surface area contributed by atoms with Crippen LogP contribution in [0.3, 0.4) is 0 Å². The van der Waals surface area contributed by atoms with Crippen LogP contribution in [-0.4, -0.2) is 144 Å². The number of fused-ring (bicyclic) bond motifs is 8. The predicted molar refractivity (Wildman–Crippen MR) is 587 cm³/mol. The molecule has 760 valence electrons. The predicted octanol–water partition coefficient (Wildman–Crippen LogP) is 12.8. The summed E-state index contributed by atoms with van der Waals surface area (Å²) < 4.78 is 0. The normalized spacial score (nSPS) is 13.1. The summed E-state index contributed by atoms with van der Waals surface area (Å²) in [4.78, 5) is 151. The third-order valence-corrected chi connectivity index (χ3v) is 25.5. The molecule has 16 rings (SSSR count). The maximum atomic E-state index is 13.6. The minimum Gasteiger partial charge on any atom is -0.342 e. The van der Waals surface area contributed by atoms with E-state index in [0.717, 1.165) is 131 Å². The molecule has 0 spiro atoms. The van der Waals surface area contributed by atoms with Crippen molar-refractivity contribution in [1.82, 2.24) is 63.8 Å². The highest BCUT2D eigenvalue weighted by Crippen LogP contribution is 2.29. The number of nitrogens with two attached hydrogens (primary N) is 4. The van der Waals surface area contributed by atoms with Gasteiger partial charge in [-0.1, -0.05) is 340 Å². The Morgan fingerprint density at radius 2 is 0.392 bits per heavy atom. The number of carbonyl (C=O) groups excluding carboxylic acids is 12. The number of rotatable bonds is 40. The van der Waals surface area contributed by atoms with E-state index in [1.165, 1.54) is 0 Å². The molecule has 28 heteroatoms. The molecule has 0 bridgehead atoms. The molecule has 0 radical (unpaired) electrons. The van der Waals surface area contributed by atoms with Crippen molar-refractivity contribution in [3.05, 3.63) is 384 Å². The van der Waals surface area contributed by atoms with Crippen molar-refractivity contribution >= 4 is 159 Å². The van der Waals surface area contributed by atoms with E-state index in [4.69, 9.17) is 22.9 Å². The van der Waals surface area contributed by atoms with Gasteiger partial charge in [0.05, 0.1) is 22.2 Å². The second-order valence-electron chi connectivity index (χ2n) is 39.2. The van der Waals surface area contributed by atoms with E-state index >= 15 is 0 Å². The quantitative estimate of drug-likeness (QED) is 0.0125. The van der Waals surface area contributed by atoms with Crippen LogP contribution in [0.1, 0.15) is 99.9 Å². The molecule has 0 aromatic heterocycles. The van der Waals surface area contributed by atoms with Crippen LogP contribution in [0.5, 0.6) is 0 Å². The first-order valence-electron chi connectivity index (χ1n) is 49.2. The van der Waals surface area contributed by atoms with E-state index in [1.807, 2.05) is 340 Å². The molecule has 0 saturated heterocycles. The number of hydrogen-bond acceptors (Lipinski definition) is 16.